The van der Waals surface area contributed by atoms with Crippen molar-refractivity contribution in [2.24, 2.45) is 0 Å². The fraction of sp³-hybridized carbons (Fsp3) is 0.519. The van der Waals surface area contributed by atoms with Gasteiger partial charge in [0.15, 0.2) is 29.7 Å². The summed E-state index contributed by atoms with van der Waals surface area (Å²) >= 11 is 0. The molecule has 0 radical (unpaired) electrons. The molecule has 3 aliphatic rings. The number of phenols is 2. The van der Waals surface area contributed by atoms with Crippen molar-refractivity contribution < 1.29 is 74.1 Å². The van der Waals surface area contributed by atoms with Gasteiger partial charge in [-0.3, -0.25) is 4.79 Å². The molecule has 0 spiro atoms. The lowest BCUT2D eigenvalue weighted by atomic mass is 9.95. The van der Waals surface area contributed by atoms with Crippen molar-refractivity contribution in [1.82, 2.24) is 0 Å². The summed E-state index contributed by atoms with van der Waals surface area (Å²) < 4.78 is 33.5. The van der Waals surface area contributed by atoms with Crippen molar-refractivity contribution in [2.45, 2.75) is 61.2 Å². The maximum absolute atomic E-state index is 12.9. The number of phenolic OH excluding ortho intramolecular Hbond substituents is 2. The quantitative estimate of drug-likeness (QED) is 0.172. The number of aliphatic hydroxyl groups is 6. The molecule has 2 aromatic rings. The Morgan fingerprint density at radius 2 is 1.76 bits per heavy atom. The number of aromatic hydroxyl groups is 2. The third-order valence-corrected chi connectivity index (χ3v) is 7.48. The summed E-state index contributed by atoms with van der Waals surface area (Å²) in [7, 11) is 1.38. The highest BCUT2D eigenvalue weighted by Gasteiger charge is 2.55. The first-order valence-electron chi connectivity index (χ1n) is 13.0. The van der Waals surface area contributed by atoms with Crippen molar-refractivity contribution >= 4 is 5.78 Å². The smallest absolute Gasteiger partial charge is 0.229 e. The fourth-order valence-electron chi connectivity index (χ4n) is 5.09. The minimum absolute atomic E-state index is 0.0277. The number of aliphatic hydroxyl groups excluding tert-OH is 5. The molecule has 9 atom stereocenters. The van der Waals surface area contributed by atoms with Crippen molar-refractivity contribution in [3.63, 3.8) is 0 Å². The third-order valence-electron chi connectivity index (χ3n) is 7.48. The number of ether oxygens (including phenoxy) is 6. The Morgan fingerprint density at radius 1 is 1.00 bits per heavy atom. The van der Waals surface area contributed by atoms with Gasteiger partial charge in [-0.1, -0.05) is 6.07 Å². The second-order valence-corrected chi connectivity index (χ2v) is 10.3. The molecule has 2 saturated heterocycles. The van der Waals surface area contributed by atoms with Gasteiger partial charge in [0.25, 0.3) is 0 Å². The van der Waals surface area contributed by atoms with E-state index in [0.29, 0.717) is 5.56 Å². The van der Waals surface area contributed by atoms with E-state index in [2.05, 4.69) is 0 Å². The second-order valence-electron chi connectivity index (χ2n) is 10.3. The number of methoxy groups -OCH3 is 1. The van der Waals surface area contributed by atoms with Gasteiger partial charge >= 0.3 is 0 Å². The van der Waals surface area contributed by atoms with E-state index in [1.165, 1.54) is 25.3 Å². The van der Waals surface area contributed by atoms with Gasteiger partial charge in [0.2, 0.25) is 6.29 Å². The molecule has 2 aromatic carbocycles. The lowest BCUT2D eigenvalue weighted by Crippen LogP contribution is -2.62. The highest BCUT2D eigenvalue weighted by molar-refractivity contribution is 6.02. The first-order chi connectivity index (χ1) is 20.0. The number of hydrogen-bond acceptors (Lipinski definition) is 15. The maximum atomic E-state index is 12.9. The van der Waals surface area contributed by atoms with Crippen LogP contribution in [0.5, 0.6) is 28.7 Å². The summed E-state index contributed by atoms with van der Waals surface area (Å²) in [6.45, 7) is -2.09. The molecule has 5 rings (SSSR count). The lowest BCUT2D eigenvalue weighted by molar-refractivity contribution is -0.329. The fourth-order valence-corrected chi connectivity index (χ4v) is 5.09. The van der Waals surface area contributed by atoms with Gasteiger partial charge in [-0.05, 0) is 17.7 Å². The summed E-state index contributed by atoms with van der Waals surface area (Å²) in [5.74, 6) is -0.923. The molecule has 0 saturated carbocycles. The largest absolute Gasteiger partial charge is 0.507 e. The molecule has 0 bridgehead atoms. The van der Waals surface area contributed by atoms with Crippen LogP contribution in [0, 0.1) is 0 Å². The molecule has 3 heterocycles. The topological polar surface area (TPSA) is 234 Å². The van der Waals surface area contributed by atoms with Crippen LogP contribution >= 0.6 is 0 Å². The van der Waals surface area contributed by atoms with Gasteiger partial charge in [0.1, 0.15) is 58.9 Å². The number of hydrogen-bond donors (Lipinski definition) is 8. The zero-order valence-electron chi connectivity index (χ0n) is 22.3. The molecular formula is C27H32O15. The molecule has 2 fully saturated rings. The predicted octanol–water partition coefficient (Wildman–Crippen LogP) is -1.54. The zero-order valence-corrected chi connectivity index (χ0v) is 22.3. The first kappa shape index (κ1) is 30.2. The Hall–Kier alpha value is -3.25. The third kappa shape index (κ3) is 5.46. The Morgan fingerprint density at radius 3 is 2.45 bits per heavy atom. The highest BCUT2D eigenvalue weighted by Crippen LogP contribution is 2.44. The number of benzene rings is 2. The van der Waals surface area contributed by atoms with Crippen LogP contribution in [-0.4, -0.2) is 122 Å². The molecule has 15 heteroatoms. The van der Waals surface area contributed by atoms with E-state index < -0.39 is 86.2 Å². The van der Waals surface area contributed by atoms with E-state index in [0.717, 1.165) is 6.07 Å². The number of ketones is 1. The van der Waals surface area contributed by atoms with Crippen LogP contribution in [0.1, 0.15) is 28.4 Å². The van der Waals surface area contributed by atoms with Crippen LogP contribution in [0.4, 0.5) is 0 Å². The average molecular weight is 597 g/mol. The minimum Gasteiger partial charge on any atom is -0.507 e. The molecular weight excluding hydrogens is 564 g/mol. The second kappa shape index (κ2) is 11.8. The molecule has 8 N–H and O–H groups in total. The standard InChI is InChI=1S/C27H32O15/c1-37-17-4-11(2-3-13(17)30)16-7-15(32)20-14(31)5-12(6-18(20)40-16)39-26-24(27(36,9-29)10-38-26)42-25-23(35)22(34)21(33)19(8-28)41-25/h2-6,16,19,21-26,28-31,33-36H,7-10H2,1H3/t16-,19+,21+,22-,23+,24-,25-,26-,27+/m0/s1. The van der Waals surface area contributed by atoms with Gasteiger partial charge in [0.05, 0.1) is 33.4 Å². The lowest BCUT2D eigenvalue weighted by Gasteiger charge is -2.42. The van der Waals surface area contributed by atoms with E-state index in [1.54, 1.807) is 6.07 Å². The first-order valence-corrected chi connectivity index (χ1v) is 13.0. The zero-order chi connectivity index (χ0) is 30.3. The van der Waals surface area contributed by atoms with E-state index in [4.69, 9.17) is 28.4 Å². The van der Waals surface area contributed by atoms with E-state index in [1.807, 2.05) is 0 Å². The summed E-state index contributed by atoms with van der Waals surface area (Å²) in [4.78, 5) is 12.9. The number of rotatable bonds is 8. The monoisotopic (exact) mass is 596 g/mol. The van der Waals surface area contributed by atoms with Crippen molar-refractivity contribution in [1.29, 1.82) is 0 Å². The molecule has 230 valence electrons. The number of Topliss-reactive ketones (excluding diaryl/α,β-unsaturated/α-hetero) is 1. The summed E-state index contributed by atoms with van der Waals surface area (Å²) in [5, 5.41) is 81.4. The molecule has 0 unspecified atom stereocenters. The Bertz CT molecular complexity index is 1300. The van der Waals surface area contributed by atoms with Crippen LogP contribution in [-0.2, 0) is 14.2 Å². The summed E-state index contributed by atoms with van der Waals surface area (Å²) in [6, 6.07) is 6.89. The van der Waals surface area contributed by atoms with Crippen LogP contribution in [0.25, 0.3) is 0 Å². The number of fused-ring (bicyclic) bond motifs is 1. The van der Waals surface area contributed by atoms with Crippen LogP contribution in [0.2, 0.25) is 0 Å². The van der Waals surface area contributed by atoms with Gasteiger partial charge in [-0.15, -0.1) is 0 Å². The van der Waals surface area contributed by atoms with Gasteiger partial charge in [-0.25, -0.2) is 0 Å². The molecule has 15 nitrogen and oxygen atoms in total. The van der Waals surface area contributed by atoms with Gasteiger partial charge in [-0.2, -0.15) is 0 Å². The van der Waals surface area contributed by atoms with Crippen molar-refractivity contribution in [3.05, 3.63) is 41.5 Å². The van der Waals surface area contributed by atoms with E-state index in [-0.39, 0.29) is 35.0 Å². The van der Waals surface area contributed by atoms with Crippen LogP contribution < -0.4 is 14.2 Å². The maximum Gasteiger partial charge on any atom is 0.229 e. The Balaban J connectivity index is 1.39. The molecule has 3 aliphatic heterocycles. The minimum atomic E-state index is -2.07. The number of carbonyl (C=O) groups is 1. The highest BCUT2D eigenvalue weighted by atomic mass is 16.8. The van der Waals surface area contributed by atoms with Crippen LogP contribution in [0.3, 0.4) is 0 Å². The predicted molar refractivity (Wildman–Crippen MR) is 136 cm³/mol. The van der Waals surface area contributed by atoms with E-state index >= 15 is 0 Å². The summed E-state index contributed by atoms with van der Waals surface area (Å²) in [6.07, 6.45) is -12.2. The van der Waals surface area contributed by atoms with Crippen molar-refractivity contribution in [3.8, 4) is 28.7 Å². The Kier molecular flexibility index (Phi) is 8.48. The van der Waals surface area contributed by atoms with Gasteiger partial charge in [0, 0.05) is 12.1 Å². The molecule has 0 aromatic heterocycles. The normalized spacial score (nSPS) is 34.5. The van der Waals surface area contributed by atoms with Crippen LogP contribution in [0.15, 0.2) is 30.3 Å². The molecule has 0 amide bonds. The van der Waals surface area contributed by atoms with Gasteiger partial charge < -0.3 is 69.3 Å². The molecule has 0 aliphatic carbocycles. The van der Waals surface area contributed by atoms with Crippen molar-refractivity contribution in [2.75, 3.05) is 26.9 Å². The summed E-state index contributed by atoms with van der Waals surface area (Å²) in [5.41, 5.74) is -1.64. The average Bonchev–Trinajstić information content (AvgIpc) is 3.27. The van der Waals surface area contributed by atoms with E-state index in [9.17, 15) is 45.6 Å². The SMILES string of the molecule is COc1cc([C@@H]2CC(=O)c3c(O)cc(O[C@@H]4OC[C@](O)(CO)[C@H]4O[C@@H]4O[C@H](CO)[C@@H](O)[C@H](O)[C@H]4O)cc3O2)ccc1O. The number of carbonyl (C=O) groups excluding carboxylic acids is 1. The Labute approximate surface area is 238 Å². The molecule has 42 heavy (non-hydrogen) atoms.